The highest BCUT2D eigenvalue weighted by molar-refractivity contribution is 6.31. The van der Waals surface area contributed by atoms with E-state index in [9.17, 15) is 9.90 Å². The number of aliphatic hydroxyl groups excluding tert-OH is 2. The lowest BCUT2D eigenvalue weighted by Crippen LogP contribution is -2.42. The zero-order chi connectivity index (χ0) is 26.6. The smallest absolute Gasteiger partial charge is 0.416 e. The monoisotopic (exact) mass is 536 g/mol. The molecule has 38 heavy (non-hydrogen) atoms. The Morgan fingerprint density at radius 1 is 1.08 bits per heavy atom. The zero-order valence-electron chi connectivity index (χ0n) is 20.9. The van der Waals surface area contributed by atoms with Crippen molar-refractivity contribution < 1.29 is 29.2 Å². The van der Waals surface area contributed by atoms with Gasteiger partial charge in [-0.05, 0) is 72.1 Å². The zero-order valence-corrected chi connectivity index (χ0v) is 21.6. The summed E-state index contributed by atoms with van der Waals surface area (Å²) in [5.74, 6) is 1.73. The number of rotatable bonds is 8. The van der Waals surface area contributed by atoms with Crippen LogP contribution < -0.4 is 14.2 Å². The minimum Gasteiger partial charge on any atom is -0.497 e. The maximum atomic E-state index is 13.5. The summed E-state index contributed by atoms with van der Waals surface area (Å²) in [5.41, 5.74) is 3.88. The molecule has 0 unspecified atom stereocenters. The second-order valence-corrected chi connectivity index (χ2v) is 9.58. The van der Waals surface area contributed by atoms with Crippen LogP contribution in [0.4, 0.5) is 4.79 Å². The Kier molecular flexibility index (Phi) is 7.74. The Morgan fingerprint density at radius 2 is 1.79 bits per heavy atom. The van der Waals surface area contributed by atoms with E-state index in [0.29, 0.717) is 41.7 Å². The summed E-state index contributed by atoms with van der Waals surface area (Å²) >= 11 is 6.30. The number of aromatic nitrogens is 1. The highest BCUT2D eigenvalue weighted by Crippen LogP contribution is 2.40. The largest absolute Gasteiger partial charge is 0.497 e. The number of ether oxygens (including phenoxy) is 3. The molecular formula is C29H29ClN2O6. The van der Waals surface area contributed by atoms with Gasteiger partial charge in [0.15, 0.2) is 0 Å². The van der Waals surface area contributed by atoms with Crippen molar-refractivity contribution in [2.24, 2.45) is 0 Å². The van der Waals surface area contributed by atoms with Gasteiger partial charge in [0.2, 0.25) is 0 Å². The lowest BCUT2D eigenvalue weighted by atomic mass is 9.92. The van der Waals surface area contributed by atoms with Gasteiger partial charge in [0, 0.05) is 34.6 Å². The second kappa shape index (κ2) is 11.3. The first-order valence-corrected chi connectivity index (χ1v) is 12.8. The van der Waals surface area contributed by atoms with E-state index in [-0.39, 0.29) is 13.2 Å². The number of carbonyl (C=O) groups is 1. The molecular weight excluding hydrogens is 508 g/mol. The first kappa shape index (κ1) is 25.9. The maximum Gasteiger partial charge on any atom is 0.416 e. The highest BCUT2D eigenvalue weighted by atomic mass is 35.5. The molecule has 0 aliphatic carbocycles. The highest BCUT2D eigenvalue weighted by Gasteiger charge is 2.35. The number of H-pyrrole nitrogens is 1. The quantitative estimate of drug-likeness (QED) is 0.289. The minimum absolute atomic E-state index is 0.276. The van der Waals surface area contributed by atoms with Crippen molar-refractivity contribution in [1.82, 2.24) is 9.88 Å². The summed E-state index contributed by atoms with van der Waals surface area (Å²) in [6, 6.07) is 19.7. The molecule has 0 bridgehead atoms. The number of fused-ring (bicyclic) bond motifs is 3. The van der Waals surface area contributed by atoms with Crippen molar-refractivity contribution in [2.75, 3.05) is 26.9 Å². The van der Waals surface area contributed by atoms with Gasteiger partial charge in [-0.15, -0.1) is 0 Å². The molecule has 2 atom stereocenters. The van der Waals surface area contributed by atoms with Crippen LogP contribution in [0.5, 0.6) is 17.2 Å². The Hall–Kier alpha value is -3.72. The molecule has 0 radical (unpaired) electrons. The number of halogens is 1. The Labute approximate surface area is 225 Å². The number of hydrogen-bond donors (Lipinski definition) is 3. The first-order chi connectivity index (χ1) is 18.5. The topological polar surface area (TPSA) is 104 Å². The number of carbonyl (C=O) groups excluding carboxylic acids is 1. The predicted octanol–water partition coefficient (Wildman–Crippen LogP) is 5.10. The van der Waals surface area contributed by atoms with E-state index in [1.165, 1.54) is 0 Å². The summed E-state index contributed by atoms with van der Waals surface area (Å²) in [6.07, 6.45) is -0.290. The molecule has 5 rings (SSSR count). The van der Waals surface area contributed by atoms with Crippen LogP contribution in [-0.4, -0.2) is 59.2 Å². The van der Waals surface area contributed by atoms with Crippen molar-refractivity contribution in [3.8, 4) is 17.2 Å². The van der Waals surface area contributed by atoms with E-state index in [1.54, 1.807) is 36.3 Å². The fraction of sp³-hybridized carbons (Fsp3) is 0.276. The standard InChI is InChI=1S/C29H29ClN2O6/c1-36-21-7-9-23(10-8-21)38-29(35)32-14-12-24-25-16-19(30)4-11-26(25)31-27(24)28(32)18-2-5-22(6-3-18)37-15-13-20(34)17-33/h2-11,16,20,28,31,33-34H,12-15,17H2,1H3/t20-,28-/m0/s1. The fourth-order valence-corrected chi connectivity index (χ4v) is 4.93. The molecule has 3 N–H and O–H groups in total. The molecule has 2 heterocycles. The lowest BCUT2D eigenvalue weighted by Gasteiger charge is -2.35. The SMILES string of the molecule is COc1ccc(OC(=O)N2CCc3c([nH]c4ccc(Cl)cc34)[C@@H]2c2ccc(OCC[C@H](O)CO)cc2)cc1. The Bertz CT molecular complexity index is 1400. The number of hydrogen-bond acceptors (Lipinski definition) is 6. The molecule has 0 saturated carbocycles. The van der Waals surface area contributed by atoms with Gasteiger partial charge in [-0.25, -0.2) is 4.79 Å². The van der Waals surface area contributed by atoms with Gasteiger partial charge in [0.1, 0.15) is 23.3 Å². The molecule has 198 valence electrons. The lowest BCUT2D eigenvalue weighted by molar-refractivity contribution is 0.0754. The third-order valence-electron chi connectivity index (χ3n) is 6.71. The summed E-state index contributed by atoms with van der Waals surface area (Å²) in [4.78, 5) is 18.7. The summed E-state index contributed by atoms with van der Waals surface area (Å²) < 4.78 is 16.7. The van der Waals surface area contributed by atoms with E-state index < -0.39 is 18.2 Å². The Balaban J connectivity index is 1.45. The molecule has 8 nitrogen and oxygen atoms in total. The van der Waals surface area contributed by atoms with Gasteiger partial charge in [-0.2, -0.15) is 0 Å². The van der Waals surface area contributed by atoms with E-state index in [2.05, 4.69) is 4.98 Å². The number of benzene rings is 3. The molecule has 4 aromatic rings. The Morgan fingerprint density at radius 3 is 2.50 bits per heavy atom. The van der Waals surface area contributed by atoms with Crippen molar-refractivity contribution in [3.63, 3.8) is 0 Å². The molecule has 9 heteroatoms. The molecule has 3 aromatic carbocycles. The minimum atomic E-state index is -0.810. The number of nitrogens with one attached hydrogen (secondary N) is 1. The number of nitrogens with zero attached hydrogens (tertiary/aromatic N) is 1. The predicted molar refractivity (Wildman–Crippen MR) is 144 cm³/mol. The van der Waals surface area contributed by atoms with Crippen LogP contribution >= 0.6 is 11.6 Å². The molecule has 1 aliphatic heterocycles. The molecule has 1 aromatic heterocycles. The van der Waals surface area contributed by atoms with Crippen molar-refractivity contribution in [1.29, 1.82) is 0 Å². The fourth-order valence-electron chi connectivity index (χ4n) is 4.76. The van der Waals surface area contributed by atoms with Gasteiger partial charge in [0.05, 0.1) is 26.4 Å². The van der Waals surface area contributed by atoms with Gasteiger partial charge in [0.25, 0.3) is 0 Å². The summed E-state index contributed by atoms with van der Waals surface area (Å²) in [5, 5.41) is 20.2. The maximum absolute atomic E-state index is 13.5. The molecule has 0 spiro atoms. The average Bonchev–Trinajstić information content (AvgIpc) is 3.31. The summed E-state index contributed by atoms with van der Waals surface area (Å²) in [6.45, 7) is 0.436. The van der Waals surface area contributed by atoms with Gasteiger partial charge in [-0.3, -0.25) is 4.90 Å². The number of aliphatic hydroxyl groups is 2. The van der Waals surface area contributed by atoms with Crippen LogP contribution in [0.15, 0.2) is 66.7 Å². The van der Waals surface area contributed by atoms with Crippen LogP contribution in [0.3, 0.4) is 0 Å². The third-order valence-corrected chi connectivity index (χ3v) is 6.95. The van der Waals surface area contributed by atoms with Gasteiger partial charge >= 0.3 is 6.09 Å². The van der Waals surface area contributed by atoms with E-state index in [0.717, 1.165) is 27.7 Å². The molecule has 1 amide bonds. The van der Waals surface area contributed by atoms with E-state index in [1.807, 2.05) is 42.5 Å². The molecule has 0 saturated heterocycles. The molecule has 1 aliphatic rings. The van der Waals surface area contributed by atoms with Crippen LogP contribution in [0.2, 0.25) is 5.02 Å². The van der Waals surface area contributed by atoms with Crippen LogP contribution in [-0.2, 0) is 6.42 Å². The van der Waals surface area contributed by atoms with Crippen molar-refractivity contribution in [2.45, 2.75) is 25.0 Å². The second-order valence-electron chi connectivity index (χ2n) is 9.14. The van der Waals surface area contributed by atoms with Gasteiger partial charge < -0.3 is 29.4 Å². The van der Waals surface area contributed by atoms with Gasteiger partial charge in [-0.1, -0.05) is 23.7 Å². The first-order valence-electron chi connectivity index (χ1n) is 12.4. The average molecular weight is 537 g/mol. The van der Waals surface area contributed by atoms with E-state index in [4.69, 9.17) is 30.9 Å². The number of aromatic amines is 1. The van der Waals surface area contributed by atoms with E-state index >= 15 is 0 Å². The van der Waals surface area contributed by atoms with Crippen LogP contribution in [0.1, 0.15) is 29.3 Å². The normalized spacial score (nSPS) is 15.7. The number of amides is 1. The van der Waals surface area contributed by atoms with Crippen LogP contribution in [0.25, 0.3) is 10.9 Å². The van der Waals surface area contributed by atoms with Crippen LogP contribution in [0, 0.1) is 0 Å². The molecule has 0 fully saturated rings. The third kappa shape index (κ3) is 5.43. The van der Waals surface area contributed by atoms with Crippen molar-refractivity contribution >= 4 is 28.6 Å². The summed E-state index contributed by atoms with van der Waals surface area (Å²) in [7, 11) is 1.58. The number of methoxy groups -OCH3 is 1. The van der Waals surface area contributed by atoms with Crippen molar-refractivity contribution in [3.05, 3.63) is 88.6 Å².